The van der Waals surface area contributed by atoms with Crippen molar-refractivity contribution in [2.75, 3.05) is 13.2 Å². The van der Waals surface area contributed by atoms with Gasteiger partial charge in [-0.2, -0.15) is 0 Å². The predicted molar refractivity (Wildman–Crippen MR) is 339 cm³/mol. The Morgan fingerprint density at radius 3 is 0.808 bits per heavy atom. The van der Waals surface area contributed by atoms with Crippen molar-refractivity contribution in [3.8, 4) is 0 Å². The number of hydrogen-bond acceptors (Lipinski definition) is 6. The minimum atomic E-state index is -0.809. The minimum absolute atomic E-state index is 0.101. The molecule has 1 atom stereocenters. The Kier molecular flexibility index (Phi) is 61.4. The lowest BCUT2D eigenvalue weighted by Crippen LogP contribution is -2.30. The second-order valence-corrected chi connectivity index (χ2v) is 20.9. The predicted octanol–water partition coefficient (Wildman–Crippen LogP) is 22.2. The highest BCUT2D eigenvalue weighted by atomic mass is 16.6. The van der Waals surface area contributed by atoms with Crippen LogP contribution >= 0.6 is 0 Å². The van der Waals surface area contributed by atoms with Crippen molar-refractivity contribution in [1.29, 1.82) is 0 Å². The molecule has 0 saturated carbocycles. The molecule has 0 aliphatic rings. The molecule has 0 aromatic rings. The van der Waals surface area contributed by atoms with E-state index in [0.717, 1.165) is 135 Å². The first-order valence-corrected chi connectivity index (χ1v) is 32.2. The van der Waals surface area contributed by atoms with Gasteiger partial charge in [0, 0.05) is 19.3 Å². The highest BCUT2D eigenvalue weighted by molar-refractivity contribution is 5.71. The summed E-state index contributed by atoms with van der Waals surface area (Å²) in [5.41, 5.74) is 0. The van der Waals surface area contributed by atoms with Crippen LogP contribution < -0.4 is 0 Å². The molecular weight excluding hydrogens is 961 g/mol. The topological polar surface area (TPSA) is 78.9 Å². The smallest absolute Gasteiger partial charge is 0.306 e. The van der Waals surface area contributed by atoms with Gasteiger partial charge >= 0.3 is 17.9 Å². The van der Waals surface area contributed by atoms with E-state index < -0.39 is 6.10 Å². The van der Waals surface area contributed by atoms with Gasteiger partial charge < -0.3 is 14.2 Å². The number of rotatable bonds is 57. The summed E-state index contributed by atoms with van der Waals surface area (Å²) in [4.78, 5) is 38.4. The van der Waals surface area contributed by atoms with E-state index in [4.69, 9.17) is 14.2 Å². The van der Waals surface area contributed by atoms with Crippen LogP contribution in [0.2, 0.25) is 0 Å². The first-order valence-electron chi connectivity index (χ1n) is 32.2. The molecule has 0 aromatic heterocycles. The summed E-state index contributed by atoms with van der Waals surface area (Å²) in [6.45, 7) is 6.38. The fourth-order valence-electron chi connectivity index (χ4n) is 8.61. The second kappa shape index (κ2) is 65.1. The Morgan fingerprint density at radius 2 is 0.500 bits per heavy atom. The SMILES string of the molecule is CC/C=C\C/C=C\C/C=C\C/C=C\C/C=C\CCCCCCCCCC(=O)OCC(COC(=O)CCCCCCCCC/C=C\CCCCCCCCC)OC(=O)CCCCC/C=C\C/C=C\C/C=C\C/C=C\C/C=C\CC. The molecule has 0 spiro atoms. The van der Waals surface area contributed by atoms with Crippen LogP contribution in [0.3, 0.4) is 0 Å². The van der Waals surface area contributed by atoms with E-state index in [0.29, 0.717) is 12.8 Å². The van der Waals surface area contributed by atoms with Crippen LogP contribution in [0.5, 0.6) is 0 Å². The molecule has 0 bridgehead atoms. The lowest BCUT2D eigenvalue weighted by molar-refractivity contribution is -0.167. The van der Waals surface area contributed by atoms with E-state index in [1.165, 1.54) is 109 Å². The highest BCUT2D eigenvalue weighted by Crippen LogP contribution is 2.15. The number of hydrogen-bond donors (Lipinski definition) is 0. The first kappa shape index (κ1) is 73.5. The summed E-state index contributed by atoms with van der Waals surface area (Å²) in [6.07, 6.45) is 91.6. The number of esters is 3. The molecule has 0 aromatic carbocycles. The third-order valence-electron chi connectivity index (χ3n) is 13.4. The lowest BCUT2D eigenvalue weighted by atomic mass is 10.1. The zero-order valence-electron chi connectivity index (χ0n) is 50.6. The van der Waals surface area contributed by atoms with Gasteiger partial charge in [-0.25, -0.2) is 0 Å². The maximum Gasteiger partial charge on any atom is 0.306 e. The standard InChI is InChI=1S/C72H118O6/c1-4-7-10-13-16-19-22-25-28-31-34-35-36-37-39-41-44-47-50-53-56-59-62-65-71(74)77-68-69(67-76-70(73)64-61-58-55-52-49-46-43-40-33-30-27-24-21-18-15-12-9-6-3)78-72(75)66-63-60-57-54-51-48-45-42-38-32-29-26-23-20-17-14-11-8-5-2/h7-8,10-11,16-17,19-20,25-26,28-30,33-35,37-39,42,48,51,69H,4-6,9,12-15,18,21-24,27,31-32,36,40-41,43-47,49-50,52-68H2,1-3H3/b10-7-,11-8-,19-16-,20-17-,28-25-,29-26-,33-30-,35-34-,39-37-,42-38-,51-48-. The van der Waals surface area contributed by atoms with E-state index >= 15 is 0 Å². The molecule has 0 amide bonds. The molecule has 1 unspecified atom stereocenters. The zero-order chi connectivity index (χ0) is 56.4. The molecule has 6 nitrogen and oxygen atoms in total. The van der Waals surface area contributed by atoms with E-state index in [-0.39, 0.29) is 37.5 Å². The van der Waals surface area contributed by atoms with Gasteiger partial charge in [-0.1, -0.05) is 264 Å². The minimum Gasteiger partial charge on any atom is -0.462 e. The molecule has 0 saturated heterocycles. The molecule has 6 heteroatoms. The number of carbonyl (C=O) groups is 3. The van der Waals surface area contributed by atoms with Gasteiger partial charge in [0.2, 0.25) is 0 Å². The molecule has 442 valence electrons. The van der Waals surface area contributed by atoms with Crippen molar-refractivity contribution < 1.29 is 28.6 Å². The highest BCUT2D eigenvalue weighted by Gasteiger charge is 2.19. The van der Waals surface area contributed by atoms with Gasteiger partial charge in [0.15, 0.2) is 6.10 Å². The molecular formula is C72H118O6. The lowest BCUT2D eigenvalue weighted by Gasteiger charge is -2.18. The van der Waals surface area contributed by atoms with Crippen LogP contribution in [0.25, 0.3) is 0 Å². The third-order valence-corrected chi connectivity index (χ3v) is 13.4. The zero-order valence-corrected chi connectivity index (χ0v) is 50.6. The summed E-state index contributed by atoms with van der Waals surface area (Å²) < 4.78 is 16.9. The molecule has 78 heavy (non-hydrogen) atoms. The maximum atomic E-state index is 12.9. The van der Waals surface area contributed by atoms with Gasteiger partial charge in [-0.15, -0.1) is 0 Å². The Hall–Kier alpha value is -4.45. The monoisotopic (exact) mass is 1080 g/mol. The number of allylic oxidation sites excluding steroid dienone is 22. The van der Waals surface area contributed by atoms with E-state index in [9.17, 15) is 14.4 Å². The average molecular weight is 1080 g/mol. The summed E-state index contributed by atoms with van der Waals surface area (Å²) >= 11 is 0. The van der Waals surface area contributed by atoms with Crippen molar-refractivity contribution in [3.05, 3.63) is 134 Å². The second-order valence-electron chi connectivity index (χ2n) is 20.9. The van der Waals surface area contributed by atoms with Gasteiger partial charge in [0.1, 0.15) is 13.2 Å². The van der Waals surface area contributed by atoms with E-state index in [1.54, 1.807) is 0 Å². The van der Waals surface area contributed by atoms with Crippen LogP contribution in [-0.2, 0) is 28.6 Å². The molecule has 0 radical (unpaired) electrons. The summed E-state index contributed by atoms with van der Waals surface area (Å²) in [6, 6.07) is 0. The fraction of sp³-hybridized carbons (Fsp3) is 0.653. The average Bonchev–Trinajstić information content (AvgIpc) is 3.44. The fourth-order valence-corrected chi connectivity index (χ4v) is 8.61. The molecule has 0 rings (SSSR count). The normalized spacial score (nSPS) is 13.0. The van der Waals surface area contributed by atoms with Crippen LogP contribution in [0, 0.1) is 0 Å². The summed E-state index contributed by atoms with van der Waals surface area (Å²) in [7, 11) is 0. The van der Waals surface area contributed by atoms with Crippen LogP contribution in [0.4, 0.5) is 0 Å². The molecule has 0 N–H and O–H groups in total. The Bertz CT molecular complexity index is 1670. The largest absolute Gasteiger partial charge is 0.462 e. The maximum absolute atomic E-state index is 12.9. The van der Waals surface area contributed by atoms with Gasteiger partial charge in [0.05, 0.1) is 0 Å². The summed E-state index contributed by atoms with van der Waals surface area (Å²) in [5.74, 6) is -0.945. The Morgan fingerprint density at radius 1 is 0.269 bits per heavy atom. The number of carbonyl (C=O) groups excluding carboxylic acids is 3. The van der Waals surface area contributed by atoms with E-state index in [1.807, 2.05) is 0 Å². The van der Waals surface area contributed by atoms with E-state index in [2.05, 4.69) is 154 Å². The Balaban J connectivity index is 4.48. The quantitative estimate of drug-likeness (QED) is 0.0261. The van der Waals surface area contributed by atoms with Crippen molar-refractivity contribution in [2.45, 2.75) is 290 Å². The van der Waals surface area contributed by atoms with Crippen LogP contribution in [-0.4, -0.2) is 37.2 Å². The molecule has 0 heterocycles. The van der Waals surface area contributed by atoms with Crippen molar-refractivity contribution in [2.24, 2.45) is 0 Å². The van der Waals surface area contributed by atoms with Crippen molar-refractivity contribution in [3.63, 3.8) is 0 Å². The third kappa shape index (κ3) is 62.4. The summed E-state index contributed by atoms with van der Waals surface area (Å²) in [5, 5.41) is 0. The Labute approximate surface area is 481 Å². The van der Waals surface area contributed by atoms with Gasteiger partial charge in [-0.05, 0) is 135 Å². The van der Waals surface area contributed by atoms with Crippen molar-refractivity contribution in [1.82, 2.24) is 0 Å². The molecule has 0 fully saturated rings. The van der Waals surface area contributed by atoms with Gasteiger partial charge in [-0.3, -0.25) is 14.4 Å². The molecule has 0 aliphatic heterocycles. The number of unbranched alkanes of at least 4 members (excludes halogenated alkanes) is 24. The van der Waals surface area contributed by atoms with Crippen molar-refractivity contribution >= 4 is 17.9 Å². The van der Waals surface area contributed by atoms with Crippen LogP contribution in [0.15, 0.2) is 134 Å². The van der Waals surface area contributed by atoms with Gasteiger partial charge in [0.25, 0.3) is 0 Å². The molecule has 0 aliphatic carbocycles. The van der Waals surface area contributed by atoms with Crippen LogP contribution in [0.1, 0.15) is 284 Å². The number of ether oxygens (including phenoxy) is 3. The first-order chi connectivity index (χ1) is 38.5.